The lowest BCUT2D eigenvalue weighted by atomic mass is 10.1. The molecule has 0 atom stereocenters. The number of morpholine rings is 1. The van der Waals surface area contributed by atoms with Crippen molar-refractivity contribution in [2.45, 2.75) is 13.3 Å². The Morgan fingerprint density at radius 2 is 1.54 bits per heavy atom. The molecule has 0 saturated carbocycles. The standard InChI is InChI=1S/C21H25N3O4/c1-2-28-19-9-7-18(8-10-19)23-21(26)22-17-5-3-16(4-6-17)15-20(25)24-11-13-27-14-12-24/h3-10H,2,11-15H2,1H3,(H2,22,23,26). The number of rotatable bonds is 6. The molecule has 0 spiro atoms. The van der Waals surface area contributed by atoms with Crippen LogP contribution in [0.15, 0.2) is 48.5 Å². The first-order chi connectivity index (χ1) is 13.6. The van der Waals surface area contributed by atoms with Crippen molar-refractivity contribution in [2.24, 2.45) is 0 Å². The molecule has 0 unspecified atom stereocenters. The van der Waals surface area contributed by atoms with Crippen LogP contribution in [0.4, 0.5) is 16.2 Å². The summed E-state index contributed by atoms with van der Waals surface area (Å²) in [6.07, 6.45) is 0.346. The summed E-state index contributed by atoms with van der Waals surface area (Å²) in [5.41, 5.74) is 2.24. The number of amides is 3. The van der Waals surface area contributed by atoms with Gasteiger partial charge in [0.1, 0.15) is 5.75 Å². The number of hydrogen-bond donors (Lipinski definition) is 2. The molecule has 0 bridgehead atoms. The Hall–Kier alpha value is -3.06. The molecule has 7 nitrogen and oxygen atoms in total. The monoisotopic (exact) mass is 383 g/mol. The van der Waals surface area contributed by atoms with E-state index in [1.165, 1.54) is 0 Å². The fourth-order valence-electron chi connectivity index (χ4n) is 2.90. The van der Waals surface area contributed by atoms with Gasteiger partial charge in [-0.2, -0.15) is 0 Å². The van der Waals surface area contributed by atoms with Gasteiger partial charge in [-0.15, -0.1) is 0 Å². The number of carbonyl (C=O) groups is 2. The molecule has 0 aromatic heterocycles. The highest BCUT2D eigenvalue weighted by Gasteiger charge is 2.16. The van der Waals surface area contributed by atoms with E-state index < -0.39 is 0 Å². The van der Waals surface area contributed by atoms with E-state index in [0.29, 0.717) is 50.7 Å². The number of ether oxygens (including phenoxy) is 2. The van der Waals surface area contributed by atoms with E-state index in [1.807, 2.05) is 24.0 Å². The third kappa shape index (κ3) is 5.72. The van der Waals surface area contributed by atoms with Gasteiger partial charge >= 0.3 is 6.03 Å². The number of urea groups is 1. The van der Waals surface area contributed by atoms with Crippen molar-refractivity contribution in [1.29, 1.82) is 0 Å². The lowest BCUT2D eigenvalue weighted by Gasteiger charge is -2.26. The summed E-state index contributed by atoms with van der Waals surface area (Å²) in [6.45, 7) is 5.00. The average Bonchev–Trinajstić information content (AvgIpc) is 2.72. The van der Waals surface area contributed by atoms with Gasteiger partial charge < -0.3 is 25.0 Å². The average molecular weight is 383 g/mol. The molecule has 0 radical (unpaired) electrons. The number of benzene rings is 2. The molecule has 1 saturated heterocycles. The predicted molar refractivity (Wildman–Crippen MR) is 108 cm³/mol. The van der Waals surface area contributed by atoms with Gasteiger partial charge in [0.2, 0.25) is 5.91 Å². The number of nitrogens with zero attached hydrogens (tertiary/aromatic N) is 1. The molecular formula is C21H25N3O4. The van der Waals surface area contributed by atoms with Crippen molar-refractivity contribution < 1.29 is 19.1 Å². The summed E-state index contributed by atoms with van der Waals surface area (Å²) < 4.78 is 10.6. The van der Waals surface area contributed by atoms with E-state index in [0.717, 1.165) is 11.3 Å². The van der Waals surface area contributed by atoms with Gasteiger partial charge in [0, 0.05) is 24.5 Å². The third-order valence-electron chi connectivity index (χ3n) is 4.35. The first-order valence-electron chi connectivity index (χ1n) is 9.39. The van der Waals surface area contributed by atoms with Crippen LogP contribution in [0.2, 0.25) is 0 Å². The van der Waals surface area contributed by atoms with Gasteiger partial charge in [0.15, 0.2) is 0 Å². The van der Waals surface area contributed by atoms with Crippen LogP contribution in [0, 0.1) is 0 Å². The molecule has 0 aliphatic carbocycles. The summed E-state index contributed by atoms with van der Waals surface area (Å²) in [5, 5.41) is 5.55. The molecule has 2 N–H and O–H groups in total. The first kappa shape index (κ1) is 19.7. The zero-order valence-corrected chi connectivity index (χ0v) is 15.9. The SMILES string of the molecule is CCOc1ccc(NC(=O)Nc2ccc(CC(=O)N3CCOCC3)cc2)cc1. The first-order valence-corrected chi connectivity index (χ1v) is 9.39. The van der Waals surface area contributed by atoms with E-state index in [4.69, 9.17) is 9.47 Å². The second-order valence-electron chi connectivity index (χ2n) is 6.40. The van der Waals surface area contributed by atoms with Crippen molar-refractivity contribution in [3.05, 3.63) is 54.1 Å². The van der Waals surface area contributed by atoms with Crippen molar-refractivity contribution >= 4 is 23.3 Å². The summed E-state index contributed by atoms with van der Waals surface area (Å²) in [5.74, 6) is 0.855. The van der Waals surface area contributed by atoms with Gasteiger partial charge in [0.25, 0.3) is 0 Å². The molecule has 3 amide bonds. The van der Waals surface area contributed by atoms with Crippen molar-refractivity contribution in [1.82, 2.24) is 4.90 Å². The molecule has 2 aromatic rings. The Morgan fingerprint density at radius 1 is 0.964 bits per heavy atom. The van der Waals surface area contributed by atoms with Crippen LogP contribution in [-0.2, 0) is 16.0 Å². The molecule has 28 heavy (non-hydrogen) atoms. The summed E-state index contributed by atoms with van der Waals surface area (Å²) in [4.78, 5) is 26.2. The van der Waals surface area contributed by atoms with Gasteiger partial charge in [-0.05, 0) is 48.9 Å². The van der Waals surface area contributed by atoms with E-state index in [1.54, 1.807) is 36.4 Å². The fourth-order valence-corrected chi connectivity index (χ4v) is 2.90. The van der Waals surface area contributed by atoms with Crippen LogP contribution in [0.25, 0.3) is 0 Å². The summed E-state index contributed by atoms with van der Waals surface area (Å²) >= 11 is 0. The van der Waals surface area contributed by atoms with Crippen molar-refractivity contribution in [2.75, 3.05) is 43.5 Å². The van der Waals surface area contributed by atoms with E-state index in [2.05, 4.69) is 10.6 Å². The Kier molecular flexibility index (Phi) is 6.86. The van der Waals surface area contributed by atoms with E-state index in [-0.39, 0.29) is 11.9 Å². The zero-order chi connectivity index (χ0) is 19.8. The van der Waals surface area contributed by atoms with Gasteiger partial charge in [0.05, 0.1) is 26.2 Å². The van der Waals surface area contributed by atoms with Crippen molar-refractivity contribution in [3.8, 4) is 5.75 Å². The largest absolute Gasteiger partial charge is 0.494 e. The molecule has 1 fully saturated rings. The Morgan fingerprint density at radius 3 is 2.11 bits per heavy atom. The molecule has 2 aromatic carbocycles. The van der Waals surface area contributed by atoms with Crippen LogP contribution >= 0.6 is 0 Å². The van der Waals surface area contributed by atoms with Crippen LogP contribution < -0.4 is 15.4 Å². The zero-order valence-electron chi connectivity index (χ0n) is 15.9. The molecule has 3 rings (SSSR count). The number of carbonyl (C=O) groups excluding carboxylic acids is 2. The van der Waals surface area contributed by atoms with Crippen LogP contribution in [0.3, 0.4) is 0 Å². The highest BCUT2D eigenvalue weighted by molar-refractivity contribution is 5.99. The molecule has 1 aliphatic rings. The van der Waals surface area contributed by atoms with Gasteiger partial charge in [-0.1, -0.05) is 12.1 Å². The smallest absolute Gasteiger partial charge is 0.323 e. The third-order valence-corrected chi connectivity index (χ3v) is 4.35. The maximum absolute atomic E-state index is 12.3. The lowest BCUT2D eigenvalue weighted by Crippen LogP contribution is -2.41. The molecule has 148 valence electrons. The minimum absolute atomic E-state index is 0.0947. The second kappa shape index (κ2) is 9.75. The predicted octanol–water partition coefficient (Wildman–Crippen LogP) is 3.13. The molecule has 1 aliphatic heterocycles. The van der Waals surface area contributed by atoms with E-state index >= 15 is 0 Å². The van der Waals surface area contributed by atoms with Crippen LogP contribution in [0.1, 0.15) is 12.5 Å². The highest BCUT2D eigenvalue weighted by Crippen LogP contribution is 2.16. The van der Waals surface area contributed by atoms with E-state index in [9.17, 15) is 9.59 Å². The summed E-state index contributed by atoms with van der Waals surface area (Å²) in [6, 6.07) is 14.1. The fraction of sp³-hybridized carbons (Fsp3) is 0.333. The Labute approximate surface area is 164 Å². The number of hydrogen-bond acceptors (Lipinski definition) is 4. The normalized spacial score (nSPS) is 13.7. The Balaban J connectivity index is 1.49. The van der Waals surface area contributed by atoms with Crippen LogP contribution in [0.5, 0.6) is 5.75 Å². The maximum Gasteiger partial charge on any atom is 0.323 e. The van der Waals surface area contributed by atoms with Gasteiger partial charge in [-0.3, -0.25) is 4.79 Å². The summed E-state index contributed by atoms with van der Waals surface area (Å²) in [7, 11) is 0. The van der Waals surface area contributed by atoms with Crippen molar-refractivity contribution in [3.63, 3.8) is 0 Å². The number of nitrogens with one attached hydrogen (secondary N) is 2. The van der Waals surface area contributed by atoms with Gasteiger partial charge in [-0.25, -0.2) is 4.79 Å². The number of anilines is 2. The highest BCUT2D eigenvalue weighted by atomic mass is 16.5. The second-order valence-corrected chi connectivity index (χ2v) is 6.40. The molecule has 7 heteroatoms. The quantitative estimate of drug-likeness (QED) is 0.803. The molecule has 1 heterocycles. The minimum Gasteiger partial charge on any atom is -0.494 e. The topological polar surface area (TPSA) is 79.9 Å². The lowest BCUT2D eigenvalue weighted by molar-refractivity contribution is -0.134. The minimum atomic E-state index is -0.332. The maximum atomic E-state index is 12.3. The van der Waals surface area contributed by atoms with Crippen LogP contribution in [-0.4, -0.2) is 49.7 Å². The molecular weight excluding hydrogens is 358 g/mol. The Bertz CT molecular complexity index is 784.